The van der Waals surface area contributed by atoms with Crippen molar-refractivity contribution in [3.63, 3.8) is 0 Å². The molecular weight excluding hydrogens is 468 g/mol. The van der Waals surface area contributed by atoms with Crippen LogP contribution in [0, 0.1) is 13.8 Å². The first-order valence-corrected chi connectivity index (χ1v) is 12.1. The zero-order chi connectivity index (χ0) is 25.2. The van der Waals surface area contributed by atoms with E-state index in [1.807, 2.05) is 0 Å². The van der Waals surface area contributed by atoms with Gasteiger partial charge in [0.1, 0.15) is 5.75 Å². The van der Waals surface area contributed by atoms with Gasteiger partial charge in [0.2, 0.25) is 5.78 Å². The maximum Gasteiger partial charge on any atom is 0.387 e. The summed E-state index contributed by atoms with van der Waals surface area (Å²) in [7, 11) is -3.40. The Labute approximate surface area is 195 Å². The summed E-state index contributed by atoms with van der Waals surface area (Å²) in [5, 5.41) is 0. The van der Waals surface area contributed by atoms with Crippen molar-refractivity contribution in [2.45, 2.75) is 38.4 Å². The number of esters is 1. The van der Waals surface area contributed by atoms with Crippen LogP contribution in [-0.4, -0.2) is 43.7 Å². The van der Waals surface area contributed by atoms with Gasteiger partial charge in [0.25, 0.3) is 0 Å². The number of carbonyl (C=O) groups excluding carboxylic acids is 2. The fourth-order valence-corrected chi connectivity index (χ4v) is 4.16. The molecule has 0 amide bonds. The molecule has 180 valence electrons. The molecule has 10 heteroatoms. The monoisotopic (exact) mass is 491 g/mol. The number of ketones is 1. The maximum atomic E-state index is 13.0. The molecule has 0 aliphatic rings. The smallest absolute Gasteiger partial charge is 0.387 e. The van der Waals surface area contributed by atoms with Crippen LogP contribution in [0.3, 0.4) is 0 Å². The molecule has 0 aliphatic heterocycles. The first-order valence-electron chi connectivity index (χ1n) is 10.2. The molecule has 7 nitrogen and oxygen atoms in total. The normalized spacial score (nSPS) is 12.4. The van der Waals surface area contributed by atoms with Crippen molar-refractivity contribution in [1.29, 1.82) is 0 Å². The highest BCUT2D eigenvalue weighted by Crippen LogP contribution is 2.25. The van der Waals surface area contributed by atoms with Crippen molar-refractivity contribution in [3.8, 4) is 11.4 Å². The van der Waals surface area contributed by atoms with Crippen LogP contribution in [-0.2, 0) is 14.6 Å². The van der Waals surface area contributed by atoms with Gasteiger partial charge in [-0.3, -0.25) is 4.79 Å². The summed E-state index contributed by atoms with van der Waals surface area (Å²) in [5.41, 5.74) is 2.41. The molecule has 0 radical (unpaired) electrons. The van der Waals surface area contributed by atoms with E-state index < -0.39 is 34.3 Å². The number of hydrogen-bond acceptors (Lipinski definition) is 6. The predicted molar refractivity (Wildman–Crippen MR) is 121 cm³/mol. The van der Waals surface area contributed by atoms with Gasteiger partial charge in [0.05, 0.1) is 10.5 Å². The van der Waals surface area contributed by atoms with E-state index in [1.54, 1.807) is 36.6 Å². The maximum absolute atomic E-state index is 13.0. The Morgan fingerprint density at radius 3 is 2.09 bits per heavy atom. The minimum atomic E-state index is -3.40. The van der Waals surface area contributed by atoms with Crippen molar-refractivity contribution in [1.82, 2.24) is 4.57 Å². The van der Waals surface area contributed by atoms with Crippen LogP contribution >= 0.6 is 0 Å². The second-order valence-electron chi connectivity index (χ2n) is 7.70. The van der Waals surface area contributed by atoms with Crippen molar-refractivity contribution in [3.05, 3.63) is 77.1 Å². The predicted octanol–water partition coefficient (Wildman–Crippen LogP) is 4.53. The van der Waals surface area contributed by atoms with Gasteiger partial charge in [-0.25, -0.2) is 13.2 Å². The molecule has 0 bridgehead atoms. The fourth-order valence-electron chi connectivity index (χ4n) is 3.53. The van der Waals surface area contributed by atoms with E-state index in [0.29, 0.717) is 16.9 Å². The Morgan fingerprint density at radius 2 is 1.56 bits per heavy atom. The van der Waals surface area contributed by atoms with Crippen LogP contribution in [0.25, 0.3) is 5.69 Å². The fraction of sp³-hybridized carbons (Fsp3) is 0.250. The molecule has 0 fully saturated rings. The average Bonchev–Trinajstić information content (AvgIpc) is 3.06. The molecular formula is C24H23F2NO6S. The first-order chi connectivity index (χ1) is 15.9. The molecule has 2 aromatic carbocycles. The molecule has 0 saturated heterocycles. The molecule has 0 N–H and O–H groups in total. The SMILES string of the molecule is Cc1cc(C(=O)C(C)OC(=O)c2ccc(S(C)(=O)=O)cc2)c(C)n1-c1ccc(OC(F)F)cc1. The topological polar surface area (TPSA) is 91.7 Å². The summed E-state index contributed by atoms with van der Waals surface area (Å²) >= 11 is 0. The molecule has 1 unspecified atom stereocenters. The van der Waals surface area contributed by atoms with Crippen molar-refractivity contribution >= 4 is 21.6 Å². The van der Waals surface area contributed by atoms with Gasteiger partial charge in [0, 0.05) is 28.9 Å². The number of sulfone groups is 1. The second kappa shape index (κ2) is 9.76. The summed E-state index contributed by atoms with van der Waals surface area (Å²) in [6, 6.07) is 12.9. The largest absolute Gasteiger partial charge is 0.451 e. The van der Waals surface area contributed by atoms with E-state index in [4.69, 9.17) is 4.74 Å². The third-order valence-corrected chi connectivity index (χ3v) is 6.32. The zero-order valence-electron chi connectivity index (χ0n) is 18.9. The van der Waals surface area contributed by atoms with Crippen LogP contribution in [0.4, 0.5) is 8.78 Å². The highest BCUT2D eigenvalue weighted by Gasteiger charge is 2.25. The number of benzene rings is 2. The Balaban J connectivity index is 1.77. The molecule has 1 atom stereocenters. The van der Waals surface area contributed by atoms with Crippen LogP contribution in [0.2, 0.25) is 0 Å². The summed E-state index contributed by atoms with van der Waals surface area (Å²) in [5.74, 6) is -1.16. The third-order valence-electron chi connectivity index (χ3n) is 5.19. The standard InChI is InChI=1S/C24H23F2NO6S/c1-14-13-21(15(2)27(14)18-7-9-19(10-8-18)33-24(25)26)22(28)16(3)32-23(29)17-5-11-20(12-6-17)34(4,30)31/h5-13,16,24H,1-4H3. The number of aromatic nitrogens is 1. The van der Waals surface area contributed by atoms with E-state index in [-0.39, 0.29) is 16.2 Å². The number of Topliss-reactive ketones (excluding diaryl/α,β-unsaturated/α-hetero) is 1. The Kier molecular flexibility index (Phi) is 7.21. The molecule has 0 aliphatic carbocycles. The molecule has 0 spiro atoms. The molecule has 34 heavy (non-hydrogen) atoms. The number of rotatable bonds is 8. The number of ether oxygens (including phenoxy) is 2. The number of aryl methyl sites for hydroxylation is 1. The van der Waals surface area contributed by atoms with Crippen molar-refractivity contribution in [2.75, 3.05) is 6.26 Å². The van der Waals surface area contributed by atoms with Crippen LogP contribution < -0.4 is 4.74 Å². The quantitative estimate of drug-likeness (QED) is 0.340. The third kappa shape index (κ3) is 5.51. The van der Waals surface area contributed by atoms with Crippen molar-refractivity contribution < 1.29 is 36.3 Å². The van der Waals surface area contributed by atoms with Gasteiger partial charge in [-0.1, -0.05) is 0 Å². The number of alkyl halides is 2. The van der Waals surface area contributed by atoms with E-state index in [2.05, 4.69) is 4.74 Å². The van der Waals surface area contributed by atoms with Gasteiger partial charge < -0.3 is 14.0 Å². The van der Waals surface area contributed by atoms with Crippen LogP contribution in [0.1, 0.15) is 39.0 Å². The number of hydrogen-bond donors (Lipinski definition) is 0. The zero-order valence-corrected chi connectivity index (χ0v) is 19.7. The van der Waals surface area contributed by atoms with Gasteiger partial charge in [-0.2, -0.15) is 8.78 Å². The highest BCUT2D eigenvalue weighted by atomic mass is 32.2. The van der Waals surface area contributed by atoms with E-state index in [1.165, 1.54) is 43.3 Å². The van der Waals surface area contributed by atoms with Crippen LogP contribution in [0.15, 0.2) is 59.5 Å². The van der Waals surface area contributed by atoms with E-state index >= 15 is 0 Å². The van der Waals surface area contributed by atoms with E-state index in [0.717, 1.165) is 11.9 Å². The van der Waals surface area contributed by atoms with Gasteiger partial charge >= 0.3 is 12.6 Å². The number of nitrogens with zero attached hydrogens (tertiary/aromatic N) is 1. The lowest BCUT2D eigenvalue weighted by Crippen LogP contribution is -2.25. The molecule has 1 heterocycles. The molecule has 0 saturated carbocycles. The Bertz CT molecular complexity index is 1310. The first kappa shape index (κ1) is 25.1. The van der Waals surface area contributed by atoms with E-state index in [9.17, 15) is 26.8 Å². The molecule has 3 aromatic rings. The lowest BCUT2D eigenvalue weighted by molar-refractivity contribution is -0.0498. The van der Waals surface area contributed by atoms with Crippen molar-refractivity contribution in [2.24, 2.45) is 0 Å². The summed E-state index contributed by atoms with van der Waals surface area (Å²) in [4.78, 5) is 25.5. The molecule has 3 rings (SSSR count). The summed E-state index contributed by atoms with van der Waals surface area (Å²) in [6.45, 7) is 2.04. The minimum Gasteiger partial charge on any atom is -0.451 e. The highest BCUT2D eigenvalue weighted by molar-refractivity contribution is 7.90. The lowest BCUT2D eigenvalue weighted by Gasteiger charge is -2.14. The van der Waals surface area contributed by atoms with Gasteiger partial charge in [0.15, 0.2) is 15.9 Å². The summed E-state index contributed by atoms with van der Waals surface area (Å²) < 4.78 is 59.3. The molecule has 1 aromatic heterocycles. The average molecular weight is 492 g/mol. The number of carbonyl (C=O) groups is 2. The second-order valence-corrected chi connectivity index (χ2v) is 9.72. The summed E-state index contributed by atoms with van der Waals surface area (Å²) in [6.07, 6.45) is -0.0406. The Hall–Kier alpha value is -3.53. The Morgan fingerprint density at radius 1 is 0.971 bits per heavy atom. The minimum absolute atomic E-state index is 0.0163. The lowest BCUT2D eigenvalue weighted by atomic mass is 10.1. The van der Waals surface area contributed by atoms with Gasteiger partial charge in [-0.05, 0) is 75.4 Å². The van der Waals surface area contributed by atoms with Gasteiger partial charge in [-0.15, -0.1) is 0 Å². The number of halogens is 2. The van der Waals surface area contributed by atoms with Crippen LogP contribution in [0.5, 0.6) is 5.75 Å².